The maximum atomic E-state index is 4.71. The molecule has 112 valence electrons. The van der Waals surface area contributed by atoms with Crippen LogP contribution in [0.25, 0.3) is 0 Å². The lowest BCUT2D eigenvalue weighted by Gasteiger charge is -2.20. The first kappa shape index (κ1) is 15.7. The van der Waals surface area contributed by atoms with E-state index >= 15 is 0 Å². The predicted octanol–water partition coefficient (Wildman–Crippen LogP) is 3.46. The Kier molecular flexibility index (Phi) is 4.77. The van der Waals surface area contributed by atoms with Gasteiger partial charge in [0.25, 0.3) is 0 Å². The molecule has 0 spiro atoms. The summed E-state index contributed by atoms with van der Waals surface area (Å²) in [6.45, 7) is 11.2. The molecule has 21 heavy (non-hydrogen) atoms. The molecule has 0 saturated heterocycles. The van der Waals surface area contributed by atoms with Crippen molar-refractivity contribution in [1.29, 1.82) is 0 Å². The number of hydrogen-bond donors (Lipinski definition) is 1. The molecule has 0 atom stereocenters. The van der Waals surface area contributed by atoms with E-state index in [-0.39, 0.29) is 5.41 Å². The third kappa shape index (κ3) is 3.91. The van der Waals surface area contributed by atoms with E-state index in [0.717, 1.165) is 28.8 Å². The van der Waals surface area contributed by atoms with Gasteiger partial charge in [-0.1, -0.05) is 20.8 Å². The lowest BCUT2D eigenvalue weighted by molar-refractivity contribution is 0.538. The number of nitrogens with zero attached hydrogens (tertiary/aromatic N) is 4. The van der Waals surface area contributed by atoms with Crippen LogP contribution in [0.4, 0.5) is 5.82 Å². The molecule has 0 saturated carbocycles. The van der Waals surface area contributed by atoms with Gasteiger partial charge in [-0.3, -0.25) is 0 Å². The minimum Gasteiger partial charge on any atom is -0.370 e. The van der Waals surface area contributed by atoms with Crippen molar-refractivity contribution in [2.75, 3.05) is 11.9 Å². The minimum absolute atomic E-state index is 0.106. The van der Waals surface area contributed by atoms with Gasteiger partial charge in [-0.05, 0) is 31.7 Å². The summed E-state index contributed by atoms with van der Waals surface area (Å²) < 4.78 is 0. The number of anilines is 1. The summed E-state index contributed by atoms with van der Waals surface area (Å²) in [6, 6.07) is 1.81. The Morgan fingerprint density at radius 3 is 2.38 bits per heavy atom. The maximum Gasteiger partial charge on any atom is 0.193 e. The fraction of sp³-hybridized carbons (Fsp3) is 0.467. The second-order valence-corrected chi connectivity index (χ2v) is 6.70. The Balaban J connectivity index is 2.45. The molecule has 0 radical (unpaired) electrons. The number of hydrogen-bond acceptors (Lipinski definition) is 6. The van der Waals surface area contributed by atoms with E-state index in [1.54, 1.807) is 12.4 Å². The quantitative estimate of drug-likeness (QED) is 0.689. The van der Waals surface area contributed by atoms with Gasteiger partial charge < -0.3 is 5.32 Å². The molecular weight excluding hydrogens is 282 g/mol. The summed E-state index contributed by atoms with van der Waals surface area (Å²) in [5.41, 5.74) is 0.923. The summed E-state index contributed by atoms with van der Waals surface area (Å²) in [4.78, 5) is 17.9. The molecule has 6 heteroatoms. The Morgan fingerprint density at radius 2 is 1.81 bits per heavy atom. The average Bonchev–Trinajstić information content (AvgIpc) is 2.43. The average molecular weight is 303 g/mol. The van der Waals surface area contributed by atoms with Gasteiger partial charge in [-0.25, -0.2) is 19.9 Å². The van der Waals surface area contributed by atoms with E-state index in [4.69, 9.17) is 4.98 Å². The largest absolute Gasteiger partial charge is 0.370 e. The van der Waals surface area contributed by atoms with Gasteiger partial charge in [0.05, 0.1) is 0 Å². The van der Waals surface area contributed by atoms with Crippen LogP contribution in [0.5, 0.6) is 0 Å². The molecule has 0 aliphatic carbocycles. The first-order valence-electron chi connectivity index (χ1n) is 6.99. The number of rotatable bonds is 4. The second-order valence-electron chi connectivity index (χ2n) is 5.74. The van der Waals surface area contributed by atoms with Crippen LogP contribution in [0, 0.1) is 6.92 Å². The highest BCUT2D eigenvalue weighted by molar-refractivity contribution is 7.99. The Bertz CT molecular complexity index is 607. The molecular formula is C15H21N5S. The van der Waals surface area contributed by atoms with Crippen LogP contribution >= 0.6 is 11.8 Å². The zero-order chi connectivity index (χ0) is 15.5. The van der Waals surface area contributed by atoms with Crippen molar-refractivity contribution in [3.63, 3.8) is 0 Å². The van der Waals surface area contributed by atoms with Gasteiger partial charge in [-0.15, -0.1) is 0 Å². The molecule has 0 aliphatic heterocycles. The first-order chi connectivity index (χ1) is 9.91. The molecule has 2 aromatic heterocycles. The molecule has 2 aromatic rings. The fourth-order valence-electron chi connectivity index (χ4n) is 1.70. The molecule has 1 N–H and O–H groups in total. The standard InChI is InChI=1S/C15H21N5S/c1-6-16-11-10(2)12(20-13(19-11)15(3,4)5)21-14-17-8-7-9-18-14/h7-9H,6H2,1-5H3,(H,16,19,20). The monoisotopic (exact) mass is 303 g/mol. The zero-order valence-corrected chi connectivity index (χ0v) is 14.0. The highest BCUT2D eigenvalue weighted by Gasteiger charge is 2.21. The van der Waals surface area contributed by atoms with Crippen LogP contribution in [0.3, 0.4) is 0 Å². The summed E-state index contributed by atoms with van der Waals surface area (Å²) in [5, 5.41) is 4.91. The lowest BCUT2D eigenvalue weighted by Crippen LogP contribution is -2.18. The van der Waals surface area contributed by atoms with E-state index in [9.17, 15) is 0 Å². The topological polar surface area (TPSA) is 63.6 Å². The summed E-state index contributed by atoms with van der Waals surface area (Å²) in [5.74, 6) is 1.71. The maximum absolute atomic E-state index is 4.71. The normalized spacial score (nSPS) is 11.5. The van der Waals surface area contributed by atoms with Crippen LogP contribution in [0.1, 0.15) is 39.1 Å². The SMILES string of the molecule is CCNc1nc(C(C)(C)C)nc(Sc2ncccn2)c1C. The molecule has 0 unspecified atom stereocenters. The van der Waals surface area contributed by atoms with Gasteiger partial charge in [0.15, 0.2) is 5.16 Å². The van der Waals surface area contributed by atoms with Crippen molar-refractivity contribution in [3.05, 3.63) is 29.8 Å². The zero-order valence-electron chi connectivity index (χ0n) is 13.1. The van der Waals surface area contributed by atoms with Gasteiger partial charge in [-0.2, -0.15) is 0 Å². The highest BCUT2D eigenvalue weighted by Crippen LogP contribution is 2.31. The molecule has 0 amide bonds. The number of nitrogens with one attached hydrogen (secondary N) is 1. The van der Waals surface area contributed by atoms with Crippen LogP contribution < -0.4 is 5.32 Å². The first-order valence-corrected chi connectivity index (χ1v) is 7.81. The van der Waals surface area contributed by atoms with E-state index in [1.807, 2.05) is 13.0 Å². The third-order valence-corrected chi connectivity index (χ3v) is 3.83. The number of aromatic nitrogens is 4. The molecule has 2 rings (SSSR count). The van der Waals surface area contributed by atoms with Crippen LogP contribution in [0.2, 0.25) is 0 Å². The van der Waals surface area contributed by atoms with E-state index < -0.39 is 0 Å². The van der Waals surface area contributed by atoms with Crippen LogP contribution in [-0.2, 0) is 5.41 Å². The van der Waals surface area contributed by atoms with Gasteiger partial charge in [0, 0.05) is 29.9 Å². The summed E-state index contributed by atoms with van der Waals surface area (Å²) >= 11 is 1.47. The smallest absolute Gasteiger partial charge is 0.193 e. The van der Waals surface area contributed by atoms with Crippen molar-refractivity contribution in [3.8, 4) is 0 Å². The fourth-order valence-corrected chi connectivity index (χ4v) is 2.48. The Hall–Kier alpha value is -1.69. The summed E-state index contributed by atoms with van der Waals surface area (Å²) in [7, 11) is 0. The third-order valence-electron chi connectivity index (χ3n) is 2.85. The van der Waals surface area contributed by atoms with Gasteiger partial charge >= 0.3 is 0 Å². The van der Waals surface area contributed by atoms with Crippen molar-refractivity contribution >= 4 is 17.6 Å². The minimum atomic E-state index is -0.106. The summed E-state index contributed by atoms with van der Waals surface area (Å²) in [6.07, 6.45) is 3.48. The molecule has 0 fully saturated rings. The van der Waals surface area contributed by atoms with Crippen molar-refractivity contribution in [1.82, 2.24) is 19.9 Å². The second kappa shape index (κ2) is 6.39. The van der Waals surface area contributed by atoms with Crippen LogP contribution in [-0.4, -0.2) is 26.5 Å². The highest BCUT2D eigenvalue weighted by atomic mass is 32.2. The molecule has 2 heterocycles. The van der Waals surface area contributed by atoms with Crippen molar-refractivity contribution < 1.29 is 0 Å². The molecule has 5 nitrogen and oxygen atoms in total. The van der Waals surface area contributed by atoms with Crippen LogP contribution in [0.15, 0.2) is 28.6 Å². The lowest BCUT2D eigenvalue weighted by atomic mass is 9.95. The Morgan fingerprint density at radius 1 is 1.14 bits per heavy atom. The van der Waals surface area contributed by atoms with E-state index in [0.29, 0.717) is 5.16 Å². The van der Waals surface area contributed by atoms with Gasteiger partial charge in [0.2, 0.25) is 0 Å². The van der Waals surface area contributed by atoms with Gasteiger partial charge in [0.1, 0.15) is 16.7 Å². The Labute approximate surface area is 130 Å². The van der Waals surface area contributed by atoms with Crippen molar-refractivity contribution in [2.24, 2.45) is 0 Å². The molecule has 0 aromatic carbocycles. The molecule has 0 aliphatic rings. The predicted molar refractivity (Wildman–Crippen MR) is 85.8 cm³/mol. The van der Waals surface area contributed by atoms with Crippen molar-refractivity contribution in [2.45, 2.75) is 50.2 Å². The van der Waals surface area contributed by atoms with E-state index in [1.165, 1.54) is 11.8 Å². The van der Waals surface area contributed by atoms with E-state index in [2.05, 4.69) is 48.0 Å². The molecule has 0 bridgehead atoms.